The first-order valence-corrected chi connectivity index (χ1v) is 21.5. The first-order valence-electron chi connectivity index (χ1n) is 19.6. The van der Waals surface area contributed by atoms with Gasteiger partial charge < -0.3 is 41.4 Å². The van der Waals surface area contributed by atoms with Gasteiger partial charge in [0.25, 0.3) is 5.91 Å². The molecule has 0 aliphatic heterocycles. The lowest BCUT2D eigenvalue weighted by Gasteiger charge is -2.29. The number of sulfonamides is 1. The number of carboxylic acids is 1. The molecule has 0 spiro atoms. The number of nitrogens with zero attached hydrogens (tertiary/aromatic N) is 2. The molecule has 63 heavy (non-hydrogen) atoms. The molecule has 16 nitrogen and oxygen atoms in total. The van der Waals surface area contributed by atoms with Gasteiger partial charge in [-0.15, -0.1) is 0 Å². The van der Waals surface area contributed by atoms with Crippen LogP contribution in [0.25, 0.3) is 10.8 Å². The highest BCUT2D eigenvalue weighted by atomic mass is 32.2. The van der Waals surface area contributed by atoms with Crippen molar-refractivity contribution < 1.29 is 42.1 Å². The van der Waals surface area contributed by atoms with Crippen LogP contribution in [-0.2, 0) is 33.2 Å². The van der Waals surface area contributed by atoms with Gasteiger partial charge in [0.15, 0.2) is 5.75 Å². The molecular weight excluding hydrogens is 827 g/mol. The number of carbonyl (C=O) groups excluding carboxylic acids is 2. The van der Waals surface area contributed by atoms with Gasteiger partial charge in [0.2, 0.25) is 10.0 Å². The molecule has 1 atom stereocenters. The summed E-state index contributed by atoms with van der Waals surface area (Å²) >= 11 is 0. The number of carboxylic acid groups (broad SMARTS) is 1. The number of hydrogen-bond donors (Lipinski definition) is 6. The average molecular weight is 876 g/mol. The molecule has 0 unspecified atom stereocenters. The molecule has 1 aromatic heterocycles. The van der Waals surface area contributed by atoms with E-state index in [9.17, 15) is 22.8 Å². The van der Waals surface area contributed by atoms with Gasteiger partial charge in [-0.25, -0.2) is 18.2 Å². The standard InChI is InChI=1S/C46H49N7O9S/c1-46(2,3)29-22-36(52-63(6,58)59)42(61-5)38(23-29)53(45(48)57)37-17-18-39(33-10-8-7-9-32(33)37)62-31-19-20-49-41(25-31)51-30-15-16-34(40(24-30)60-4)43(54)50-26-28-13-11-27(12-14-28)21-35(47)44(55)56/h7-20,22-25,35,52H,21,26,47H2,1-6H3,(H2,48,57)(H,49,51)(H,50,54)(H,55,56)/t35-/m1/s1. The monoisotopic (exact) mass is 875 g/mol. The van der Waals surface area contributed by atoms with E-state index in [0.717, 1.165) is 22.9 Å². The fourth-order valence-corrected chi connectivity index (χ4v) is 7.35. The third-order valence-corrected chi connectivity index (χ3v) is 10.5. The Labute approximate surface area is 365 Å². The Hall–Kier alpha value is -7.37. The fourth-order valence-electron chi connectivity index (χ4n) is 6.80. The molecule has 0 aliphatic carbocycles. The van der Waals surface area contributed by atoms with Crippen LogP contribution >= 0.6 is 0 Å². The predicted octanol–water partition coefficient (Wildman–Crippen LogP) is 7.56. The molecule has 0 saturated heterocycles. The molecule has 0 fully saturated rings. The number of urea groups is 1. The lowest BCUT2D eigenvalue weighted by Crippen LogP contribution is -2.32. The number of nitrogens with one attached hydrogen (secondary N) is 3. The van der Waals surface area contributed by atoms with Crippen LogP contribution in [0.2, 0.25) is 0 Å². The van der Waals surface area contributed by atoms with Crippen molar-refractivity contribution in [3.63, 3.8) is 0 Å². The summed E-state index contributed by atoms with van der Waals surface area (Å²) in [6.07, 6.45) is 2.80. The number of pyridine rings is 1. The molecular formula is C46H49N7O9S. The third kappa shape index (κ3) is 10.9. The zero-order valence-electron chi connectivity index (χ0n) is 35.6. The Morgan fingerprint density at radius 1 is 0.841 bits per heavy atom. The van der Waals surface area contributed by atoms with Crippen LogP contribution in [0.1, 0.15) is 47.8 Å². The second-order valence-electron chi connectivity index (χ2n) is 15.7. The summed E-state index contributed by atoms with van der Waals surface area (Å²) in [5.74, 6) is 0.333. The number of aromatic nitrogens is 1. The predicted molar refractivity (Wildman–Crippen MR) is 243 cm³/mol. The van der Waals surface area contributed by atoms with Crippen LogP contribution < -0.4 is 45.9 Å². The van der Waals surface area contributed by atoms with Crippen LogP contribution in [0.5, 0.6) is 23.0 Å². The van der Waals surface area contributed by atoms with Crippen molar-refractivity contribution in [2.45, 2.75) is 45.2 Å². The summed E-state index contributed by atoms with van der Waals surface area (Å²) in [5.41, 5.74) is 15.3. The molecule has 328 valence electrons. The third-order valence-electron chi connectivity index (χ3n) is 9.92. The Bertz CT molecular complexity index is 2790. The van der Waals surface area contributed by atoms with Crippen LogP contribution in [0.15, 0.2) is 109 Å². The smallest absolute Gasteiger partial charge is 0.324 e. The Morgan fingerprint density at radius 2 is 1.54 bits per heavy atom. The number of fused-ring (bicyclic) bond motifs is 1. The number of hydrogen-bond acceptors (Lipinski definition) is 11. The maximum Gasteiger partial charge on any atom is 0.324 e. The highest BCUT2D eigenvalue weighted by molar-refractivity contribution is 7.92. The number of benzene rings is 5. The number of anilines is 5. The van der Waals surface area contributed by atoms with Crippen LogP contribution in [0.4, 0.5) is 33.4 Å². The second-order valence-corrected chi connectivity index (χ2v) is 17.4. The van der Waals surface area contributed by atoms with Gasteiger partial charge in [-0.1, -0.05) is 69.3 Å². The van der Waals surface area contributed by atoms with Crippen molar-refractivity contribution in [2.24, 2.45) is 11.5 Å². The van der Waals surface area contributed by atoms with E-state index in [0.29, 0.717) is 50.8 Å². The molecule has 3 amide bonds. The van der Waals surface area contributed by atoms with Crippen molar-refractivity contribution in [1.82, 2.24) is 10.3 Å². The van der Waals surface area contributed by atoms with E-state index in [2.05, 4.69) is 20.3 Å². The quantitative estimate of drug-likeness (QED) is 0.0553. The molecule has 0 saturated carbocycles. The molecule has 6 rings (SSSR count). The number of nitrogens with two attached hydrogens (primary N) is 2. The van der Waals surface area contributed by atoms with Gasteiger partial charge >= 0.3 is 12.0 Å². The molecule has 8 N–H and O–H groups in total. The van der Waals surface area contributed by atoms with E-state index in [1.54, 1.807) is 85.1 Å². The largest absolute Gasteiger partial charge is 0.496 e. The van der Waals surface area contributed by atoms with Gasteiger partial charge in [-0.2, -0.15) is 0 Å². The molecule has 0 radical (unpaired) electrons. The van der Waals surface area contributed by atoms with E-state index in [1.807, 2.05) is 45.0 Å². The van der Waals surface area contributed by atoms with Gasteiger partial charge in [-0.3, -0.25) is 19.2 Å². The van der Waals surface area contributed by atoms with Crippen molar-refractivity contribution in [3.8, 4) is 23.0 Å². The summed E-state index contributed by atoms with van der Waals surface area (Å²) in [4.78, 5) is 43.4. The SMILES string of the molecule is COc1cc(Nc2cc(Oc3ccc(N(C(N)=O)c4cc(C(C)(C)C)cc(NS(C)(=O)=O)c4OC)c4ccccc34)ccn2)ccc1C(=O)NCc1ccc(C[C@@H](N)C(=O)O)cc1. The number of aliphatic carboxylic acids is 1. The lowest BCUT2D eigenvalue weighted by molar-refractivity contribution is -0.138. The van der Waals surface area contributed by atoms with E-state index in [1.165, 1.54) is 19.1 Å². The summed E-state index contributed by atoms with van der Waals surface area (Å²) in [5, 5.41) is 16.4. The Balaban J connectivity index is 1.23. The maximum atomic E-state index is 13.4. The average Bonchev–Trinajstić information content (AvgIpc) is 3.23. The number of rotatable bonds is 16. The molecule has 6 aromatic rings. The molecule has 0 bridgehead atoms. The summed E-state index contributed by atoms with van der Waals surface area (Å²) < 4.78 is 45.1. The number of amides is 3. The van der Waals surface area contributed by atoms with E-state index >= 15 is 0 Å². The molecule has 1 heterocycles. The van der Waals surface area contributed by atoms with Crippen molar-refractivity contribution in [1.29, 1.82) is 0 Å². The van der Waals surface area contributed by atoms with Crippen molar-refractivity contribution >= 4 is 67.3 Å². The Kier molecular flexibility index (Phi) is 13.4. The number of primary amides is 1. The van der Waals surface area contributed by atoms with Crippen LogP contribution in [0, 0.1) is 0 Å². The second kappa shape index (κ2) is 18.7. The molecule has 17 heteroatoms. The van der Waals surface area contributed by atoms with Gasteiger partial charge in [0.1, 0.15) is 29.1 Å². The summed E-state index contributed by atoms with van der Waals surface area (Å²) in [7, 11) is -0.885. The number of carbonyl (C=O) groups is 3. The number of ether oxygens (including phenoxy) is 3. The van der Waals surface area contributed by atoms with Crippen LogP contribution in [0.3, 0.4) is 0 Å². The van der Waals surface area contributed by atoms with Gasteiger partial charge in [-0.05, 0) is 71.0 Å². The van der Waals surface area contributed by atoms with E-state index in [4.69, 9.17) is 30.8 Å². The first kappa shape index (κ1) is 45.2. The summed E-state index contributed by atoms with van der Waals surface area (Å²) in [6, 6.07) is 27.9. The van der Waals surface area contributed by atoms with E-state index in [-0.39, 0.29) is 36.0 Å². The molecule has 5 aromatic carbocycles. The maximum absolute atomic E-state index is 13.4. The molecule has 0 aliphatic rings. The zero-order chi connectivity index (χ0) is 45.6. The lowest BCUT2D eigenvalue weighted by atomic mass is 9.86. The summed E-state index contributed by atoms with van der Waals surface area (Å²) in [6.45, 7) is 6.12. The number of methoxy groups -OCH3 is 2. The highest BCUT2D eigenvalue weighted by Crippen LogP contribution is 2.46. The first-order chi connectivity index (χ1) is 29.8. The topological polar surface area (TPSA) is 238 Å². The van der Waals surface area contributed by atoms with Crippen molar-refractivity contribution in [2.75, 3.05) is 35.4 Å². The van der Waals surface area contributed by atoms with Crippen LogP contribution in [-0.4, -0.2) is 62.9 Å². The highest BCUT2D eigenvalue weighted by Gasteiger charge is 2.28. The van der Waals surface area contributed by atoms with Gasteiger partial charge in [0, 0.05) is 41.3 Å². The van der Waals surface area contributed by atoms with Crippen molar-refractivity contribution in [3.05, 3.63) is 132 Å². The Morgan fingerprint density at radius 3 is 2.17 bits per heavy atom. The fraction of sp³-hybridized carbons (Fsp3) is 0.217. The van der Waals surface area contributed by atoms with Gasteiger partial charge in [0.05, 0.1) is 43.1 Å². The minimum atomic E-state index is -3.74. The zero-order valence-corrected chi connectivity index (χ0v) is 36.4. The van der Waals surface area contributed by atoms with E-state index < -0.39 is 33.5 Å². The minimum absolute atomic E-state index is 0.102. The minimum Gasteiger partial charge on any atom is -0.496 e. The normalized spacial score (nSPS) is 11.9.